The fraction of sp³-hybridized carbons (Fsp3) is 0. The van der Waals surface area contributed by atoms with Gasteiger partial charge >= 0.3 is 5.97 Å². The van der Waals surface area contributed by atoms with Gasteiger partial charge in [-0.05, 0) is 23.8 Å². The summed E-state index contributed by atoms with van der Waals surface area (Å²) in [6.45, 7) is 0. The molecule has 1 aromatic heterocycles. The van der Waals surface area contributed by atoms with Gasteiger partial charge in [-0.3, -0.25) is 9.59 Å². The molecule has 0 atom stereocenters. The number of hydrogen-bond acceptors (Lipinski definition) is 5. The molecule has 0 fully saturated rings. The first-order chi connectivity index (χ1) is 13.8. The summed E-state index contributed by atoms with van der Waals surface area (Å²) in [6.07, 6.45) is 0.359. The van der Waals surface area contributed by atoms with Crippen molar-refractivity contribution < 1.29 is 28.2 Å². The average Bonchev–Trinajstić information content (AvgIpc) is 2.69. The smallest absolute Gasteiger partial charge is 0.336 e. The van der Waals surface area contributed by atoms with Gasteiger partial charge < -0.3 is 14.6 Å². The molecule has 0 radical (unpaired) electrons. The van der Waals surface area contributed by atoms with Gasteiger partial charge in [0.15, 0.2) is 11.6 Å². The third-order valence-electron chi connectivity index (χ3n) is 4.56. The van der Waals surface area contributed by atoms with E-state index in [4.69, 9.17) is 4.42 Å². The summed E-state index contributed by atoms with van der Waals surface area (Å²) < 4.78 is 33.9. The number of hydrogen-bond donors (Lipinski definition) is 2. The predicted molar refractivity (Wildman–Crippen MR) is 101 cm³/mol. The first-order valence-electron chi connectivity index (χ1n) is 8.23. The topological polar surface area (TPSA) is 105 Å². The number of halogens is 2. The highest BCUT2D eigenvalue weighted by atomic mass is 19.1. The lowest BCUT2D eigenvalue weighted by Gasteiger charge is -2.13. The van der Waals surface area contributed by atoms with E-state index in [1.54, 1.807) is 0 Å². The van der Waals surface area contributed by atoms with E-state index in [1.165, 1.54) is 24.3 Å². The number of benzene rings is 3. The molecule has 0 spiro atoms. The van der Waals surface area contributed by atoms with Crippen molar-refractivity contribution in [1.29, 1.82) is 0 Å². The van der Waals surface area contributed by atoms with E-state index in [-0.39, 0.29) is 38.6 Å². The predicted octanol–water partition coefficient (Wildman–Crippen LogP) is 2.96. The molecule has 4 rings (SSSR count). The van der Waals surface area contributed by atoms with Crippen LogP contribution in [0.4, 0.5) is 8.78 Å². The molecule has 0 amide bonds. The number of carbonyl (C=O) groups is 1. The Balaban J connectivity index is 2.39. The number of aliphatic hydroxyl groups excluding tert-OH is 1. The van der Waals surface area contributed by atoms with E-state index in [0.29, 0.717) is 6.26 Å². The molecular formula is C21H10F2O6. The van der Waals surface area contributed by atoms with Gasteiger partial charge in [0.1, 0.15) is 16.4 Å². The van der Waals surface area contributed by atoms with E-state index in [0.717, 1.165) is 18.2 Å². The highest BCUT2D eigenvalue weighted by molar-refractivity contribution is 6.11. The maximum Gasteiger partial charge on any atom is 0.336 e. The van der Waals surface area contributed by atoms with Gasteiger partial charge in [0.2, 0.25) is 10.9 Å². The molecule has 0 aliphatic rings. The molecular weight excluding hydrogens is 386 g/mol. The fourth-order valence-electron chi connectivity index (χ4n) is 3.29. The SMILES string of the molecule is O=C(O)c1ccccc1-c1c2cc(F)c(=O)cc2oc2c(=CO)c(=O)c(F)cc12. The number of aromatic carboxylic acids is 1. The van der Waals surface area contributed by atoms with Crippen molar-refractivity contribution in [2.24, 2.45) is 0 Å². The van der Waals surface area contributed by atoms with Crippen LogP contribution < -0.4 is 16.1 Å². The Morgan fingerprint density at radius 2 is 1.69 bits per heavy atom. The van der Waals surface area contributed by atoms with Crippen LogP contribution in [0.15, 0.2) is 56.5 Å². The lowest BCUT2D eigenvalue weighted by molar-refractivity contribution is 0.0697. The van der Waals surface area contributed by atoms with Gasteiger partial charge in [-0.15, -0.1) is 0 Å². The summed E-state index contributed by atoms with van der Waals surface area (Å²) in [5, 5.41) is 18.4. The lowest BCUT2D eigenvalue weighted by atomic mass is 9.93. The Hall–Kier alpha value is -4.07. The van der Waals surface area contributed by atoms with Gasteiger partial charge in [0.05, 0.1) is 11.8 Å². The van der Waals surface area contributed by atoms with Crippen molar-refractivity contribution in [3.63, 3.8) is 0 Å². The summed E-state index contributed by atoms with van der Waals surface area (Å²) in [4.78, 5) is 35.5. The summed E-state index contributed by atoms with van der Waals surface area (Å²) in [5.41, 5.74) is -2.61. The van der Waals surface area contributed by atoms with Crippen molar-refractivity contribution >= 4 is 34.2 Å². The highest BCUT2D eigenvalue weighted by Gasteiger charge is 2.21. The van der Waals surface area contributed by atoms with Crippen LogP contribution in [0, 0.1) is 11.6 Å². The number of carboxylic acid groups (broad SMARTS) is 1. The Bertz CT molecular complexity index is 1500. The van der Waals surface area contributed by atoms with E-state index < -0.39 is 33.7 Å². The van der Waals surface area contributed by atoms with Crippen molar-refractivity contribution in [2.45, 2.75) is 0 Å². The molecule has 0 bridgehead atoms. The molecule has 0 saturated carbocycles. The number of rotatable bonds is 2. The van der Waals surface area contributed by atoms with Gasteiger partial charge in [-0.25, -0.2) is 13.6 Å². The zero-order chi connectivity index (χ0) is 20.9. The molecule has 2 N–H and O–H groups in total. The Kier molecular flexibility index (Phi) is 4.11. The van der Waals surface area contributed by atoms with Gasteiger partial charge in [0.25, 0.3) is 0 Å². The van der Waals surface area contributed by atoms with E-state index in [9.17, 15) is 33.4 Å². The number of aliphatic hydroxyl groups is 1. The molecule has 0 aliphatic heterocycles. The molecule has 0 unspecified atom stereocenters. The average molecular weight is 396 g/mol. The summed E-state index contributed by atoms with van der Waals surface area (Å²) in [5.74, 6) is -3.63. The van der Waals surface area contributed by atoms with Gasteiger partial charge in [-0.2, -0.15) is 0 Å². The van der Waals surface area contributed by atoms with Gasteiger partial charge in [-0.1, -0.05) is 18.2 Å². The van der Waals surface area contributed by atoms with E-state index in [2.05, 4.69) is 0 Å². The molecule has 0 aliphatic carbocycles. The van der Waals surface area contributed by atoms with Crippen LogP contribution in [0.25, 0.3) is 39.3 Å². The summed E-state index contributed by atoms with van der Waals surface area (Å²) >= 11 is 0. The monoisotopic (exact) mass is 396 g/mol. The Labute approximate surface area is 159 Å². The minimum atomic E-state index is -1.29. The third-order valence-corrected chi connectivity index (χ3v) is 4.56. The van der Waals surface area contributed by atoms with Crippen LogP contribution >= 0.6 is 0 Å². The van der Waals surface area contributed by atoms with E-state index >= 15 is 0 Å². The summed E-state index contributed by atoms with van der Waals surface area (Å²) in [6, 6.07) is 8.25. The number of carboxylic acids is 1. The van der Waals surface area contributed by atoms with Crippen molar-refractivity contribution in [3.8, 4) is 11.1 Å². The van der Waals surface area contributed by atoms with Crippen molar-refractivity contribution in [1.82, 2.24) is 0 Å². The standard InChI is InChI=1S/C21H10F2O6/c22-14-5-11-17(7-16(14)25)29-20-12(6-15(23)19(26)13(20)8-24)18(11)9-3-1-2-4-10(9)21(27)28/h1-8,24H,(H,27,28). The Morgan fingerprint density at radius 3 is 2.38 bits per heavy atom. The van der Waals surface area contributed by atoms with Gasteiger partial charge in [0, 0.05) is 22.4 Å². The van der Waals surface area contributed by atoms with E-state index in [1.807, 2.05) is 0 Å². The van der Waals surface area contributed by atoms with Crippen LogP contribution in [0.5, 0.6) is 0 Å². The van der Waals surface area contributed by atoms with Crippen molar-refractivity contribution in [3.05, 3.63) is 85.3 Å². The zero-order valence-electron chi connectivity index (χ0n) is 14.4. The first kappa shape index (κ1) is 18.3. The molecule has 144 valence electrons. The maximum atomic E-state index is 14.3. The number of fused-ring (bicyclic) bond motifs is 2. The van der Waals surface area contributed by atoms with Crippen LogP contribution in [0.3, 0.4) is 0 Å². The Morgan fingerprint density at radius 1 is 1.00 bits per heavy atom. The molecule has 1 heterocycles. The second-order valence-electron chi connectivity index (χ2n) is 6.21. The normalized spacial score (nSPS) is 12.0. The van der Waals surface area contributed by atoms with Crippen molar-refractivity contribution in [2.75, 3.05) is 0 Å². The van der Waals surface area contributed by atoms with Crippen LogP contribution in [-0.4, -0.2) is 16.2 Å². The molecule has 8 heteroatoms. The largest absolute Gasteiger partial charge is 0.515 e. The molecule has 3 aromatic carbocycles. The maximum absolute atomic E-state index is 14.3. The quantitative estimate of drug-likeness (QED) is 0.505. The van der Waals surface area contributed by atoms with Crippen LogP contribution in [0.2, 0.25) is 0 Å². The fourth-order valence-corrected chi connectivity index (χ4v) is 3.29. The zero-order valence-corrected chi connectivity index (χ0v) is 14.4. The minimum Gasteiger partial charge on any atom is -0.515 e. The summed E-state index contributed by atoms with van der Waals surface area (Å²) in [7, 11) is 0. The van der Waals surface area contributed by atoms with Crippen LogP contribution in [-0.2, 0) is 0 Å². The van der Waals surface area contributed by atoms with Crippen LogP contribution in [0.1, 0.15) is 10.4 Å². The lowest BCUT2D eigenvalue weighted by Crippen LogP contribution is -2.28. The third kappa shape index (κ3) is 2.73. The first-order valence-corrected chi connectivity index (χ1v) is 8.23. The molecule has 6 nitrogen and oxygen atoms in total. The second-order valence-corrected chi connectivity index (χ2v) is 6.21. The molecule has 0 saturated heterocycles. The minimum absolute atomic E-state index is 0.00485. The highest BCUT2D eigenvalue weighted by Crippen LogP contribution is 2.37. The second kappa shape index (κ2) is 6.52. The molecule has 29 heavy (non-hydrogen) atoms. The molecule has 4 aromatic rings.